The molecule has 0 radical (unpaired) electrons. The van der Waals surface area contributed by atoms with Crippen LogP contribution in [0.4, 0.5) is 4.39 Å². The van der Waals surface area contributed by atoms with Crippen molar-refractivity contribution in [3.8, 4) is 5.75 Å². The predicted molar refractivity (Wildman–Crippen MR) is 80.3 cm³/mol. The fourth-order valence-corrected chi connectivity index (χ4v) is 2.69. The van der Waals surface area contributed by atoms with Crippen LogP contribution >= 0.6 is 11.3 Å². The lowest BCUT2D eigenvalue weighted by molar-refractivity contribution is 0.0935. The van der Waals surface area contributed by atoms with E-state index in [2.05, 4.69) is 10.3 Å². The Morgan fingerprint density at radius 2 is 2.29 bits per heavy atom. The van der Waals surface area contributed by atoms with Crippen molar-refractivity contribution in [2.24, 2.45) is 0 Å². The number of carbonyl (C=O) groups is 1. The Labute approximate surface area is 127 Å². The number of carbonyl (C=O) groups excluding carboxylic acids is 1. The molecule has 1 atom stereocenters. The third kappa shape index (κ3) is 3.58. The van der Waals surface area contributed by atoms with Crippen molar-refractivity contribution in [1.82, 2.24) is 10.3 Å². The Hall–Kier alpha value is -1.95. The first-order chi connectivity index (χ1) is 10.0. The number of nitrogens with one attached hydrogen (secondary N) is 1. The summed E-state index contributed by atoms with van der Waals surface area (Å²) in [7, 11) is 1.45. The maximum Gasteiger partial charge on any atom is 0.254 e. The minimum atomic E-state index is -0.604. The lowest BCUT2D eigenvalue weighted by Crippen LogP contribution is -2.27. The van der Waals surface area contributed by atoms with Crippen LogP contribution < -0.4 is 10.1 Å². The largest absolute Gasteiger partial charge is 0.497 e. The second-order valence-electron chi connectivity index (χ2n) is 4.56. The normalized spacial score (nSPS) is 12.0. The lowest BCUT2D eigenvalue weighted by atomic mass is 10.2. The molecule has 0 aliphatic heterocycles. The molecular weight excluding hydrogens is 291 g/mol. The van der Waals surface area contributed by atoms with E-state index in [0.717, 1.165) is 16.3 Å². The summed E-state index contributed by atoms with van der Waals surface area (Å²) >= 11 is 1.55. The van der Waals surface area contributed by atoms with Crippen molar-refractivity contribution in [2.75, 3.05) is 7.11 Å². The third-order valence-corrected chi connectivity index (χ3v) is 4.38. The number of aryl methyl sites for hydroxylation is 1. The van der Waals surface area contributed by atoms with Gasteiger partial charge in [-0.3, -0.25) is 4.79 Å². The quantitative estimate of drug-likeness (QED) is 0.921. The van der Waals surface area contributed by atoms with Crippen LogP contribution in [0.3, 0.4) is 0 Å². The number of benzene rings is 1. The molecule has 1 amide bonds. The topological polar surface area (TPSA) is 51.2 Å². The molecule has 1 aromatic heterocycles. The Kier molecular flexibility index (Phi) is 4.90. The summed E-state index contributed by atoms with van der Waals surface area (Å²) in [5, 5.41) is 3.57. The van der Waals surface area contributed by atoms with E-state index in [-0.39, 0.29) is 11.6 Å². The molecular formula is C15H17FN2O2S. The highest BCUT2D eigenvalue weighted by molar-refractivity contribution is 7.11. The van der Waals surface area contributed by atoms with E-state index in [4.69, 9.17) is 4.74 Å². The zero-order valence-electron chi connectivity index (χ0n) is 12.1. The molecule has 1 heterocycles. The minimum absolute atomic E-state index is 0.00470. The van der Waals surface area contributed by atoms with Crippen LogP contribution in [0.2, 0.25) is 0 Å². The van der Waals surface area contributed by atoms with Crippen LogP contribution in [-0.2, 0) is 6.42 Å². The number of thiazole rings is 1. The summed E-state index contributed by atoms with van der Waals surface area (Å²) < 4.78 is 18.8. The first kappa shape index (κ1) is 15.4. The number of nitrogens with zero attached hydrogens (tertiary/aromatic N) is 1. The van der Waals surface area contributed by atoms with Crippen molar-refractivity contribution in [3.63, 3.8) is 0 Å². The van der Waals surface area contributed by atoms with Crippen molar-refractivity contribution in [1.29, 1.82) is 0 Å². The van der Waals surface area contributed by atoms with E-state index in [1.165, 1.54) is 19.2 Å². The summed E-state index contributed by atoms with van der Waals surface area (Å²) in [6, 6.07) is 3.90. The van der Waals surface area contributed by atoms with Gasteiger partial charge < -0.3 is 10.1 Å². The standard InChI is InChI=1S/C15H17FN2O2S/c1-4-11-8-17-15(21-11)9(2)18-14(19)12-6-5-10(20-3)7-13(12)16/h5-9H,4H2,1-3H3,(H,18,19). The van der Waals surface area contributed by atoms with Gasteiger partial charge in [0.2, 0.25) is 0 Å². The summed E-state index contributed by atoms with van der Waals surface area (Å²) in [5.74, 6) is -0.687. The molecule has 0 aliphatic carbocycles. The van der Waals surface area contributed by atoms with Crippen LogP contribution in [-0.4, -0.2) is 18.0 Å². The van der Waals surface area contributed by atoms with Crippen LogP contribution in [0.1, 0.15) is 40.1 Å². The molecule has 0 spiro atoms. The number of ether oxygens (including phenoxy) is 1. The van der Waals surface area contributed by atoms with Crippen molar-refractivity contribution in [2.45, 2.75) is 26.3 Å². The molecule has 1 N–H and O–H groups in total. The summed E-state index contributed by atoms with van der Waals surface area (Å²) in [6.07, 6.45) is 2.71. The monoisotopic (exact) mass is 308 g/mol. The van der Waals surface area contributed by atoms with Gasteiger partial charge in [-0.25, -0.2) is 9.37 Å². The second kappa shape index (κ2) is 6.67. The van der Waals surface area contributed by atoms with Gasteiger partial charge in [-0.05, 0) is 25.5 Å². The molecule has 0 fully saturated rings. The minimum Gasteiger partial charge on any atom is -0.497 e. The zero-order valence-corrected chi connectivity index (χ0v) is 13.0. The fraction of sp³-hybridized carbons (Fsp3) is 0.333. The summed E-state index contributed by atoms with van der Waals surface area (Å²) in [6.45, 7) is 3.88. The molecule has 2 aromatic rings. The van der Waals surface area contributed by atoms with E-state index in [0.29, 0.717) is 5.75 Å². The lowest BCUT2D eigenvalue weighted by Gasteiger charge is -2.12. The number of rotatable bonds is 5. The molecule has 2 rings (SSSR count). The van der Waals surface area contributed by atoms with Gasteiger partial charge in [-0.1, -0.05) is 6.92 Å². The number of hydrogen-bond donors (Lipinski definition) is 1. The molecule has 1 aromatic carbocycles. The van der Waals surface area contributed by atoms with Crippen LogP contribution in [0.5, 0.6) is 5.75 Å². The van der Waals surface area contributed by atoms with Crippen molar-refractivity contribution >= 4 is 17.2 Å². The van der Waals surface area contributed by atoms with Gasteiger partial charge in [0.15, 0.2) is 0 Å². The van der Waals surface area contributed by atoms with Crippen LogP contribution in [0.15, 0.2) is 24.4 Å². The third-order valence-electron chi connectivity index (χ3n) is 3.06. The summed E-state index contributed by atoms with van der Waals surface area (Å²) in [4.78, 5) is 17.5. The van der Waals surface area contributed by atoms with Crippen LogP contribution in [0.25, 0.3) is 0 Å². The number of halogens is 1. The van der Waals surface area contributed by atoms with E-state index in [9.17, 15) is 9.18 Å². The Balaban J connectivity index is 2.10. The number of aromatic nitrogens is 1. The molecule has 0 saturated heterocycles. The van der Waals surface area contributed by atoms with E-state index in [1.807, 2.05) is 13.8 Å². The molecule has 6 heteroatoms. The Morgan fingerprint density at radius 3 is 2.86 bits per heavy atom. The van der Waals surface area contributed by atoms with Crippen LogP contribution in [0, 0.1) is 5.82 Å². The Bertz CT molecular complexity index is 642. The number of methoxy groups -OCH3 is 1. The van der Waals surface area contributed by atoms with Gasteiger partial charge in [-0.2, -0.15) is 0 Å². The molecule has 1 unspecified atom stereocenters. The first-order valence-corrected chi connectivity index (χ1v) is 7.45. The number of hydrogen-bond acceptors (Lipinski definition) is 4. The van der Waals surface area contributed by atoms with Crippen molar-refractivity contribution < 1.29 is 13.9 Å². The SMILES string of the molecule is CCc1cnc(C(C)NC(=O)c2ccc(OC)cc2F)s1. The van der Waals surface area contributed by atoms with Gasteiger partial charge in [0, 0.05) is 17.1 Å². The van der Waals surface area contributed by atoms with Gasteiger partial charge in [0.1, 0.15) is 16.6 Å². The molecule has 0 saturated carbocycles. The average molecular weight is 308 g/mol. The first-order valence-electron chi connectivity index (χ1n) is 6.64. The molecule has 21 heavy (non-hydrogen) atoms. The molecule has 112 valence electrons. The smallest absolute Gasteiger partial charge is 0.254 e. The maximum atomic E-state index is 13.8. The van der Waals surface area contributed by atoms with E-state index < -0.39 is 11.7 Å². The van der Waals surface area contributed by atoms with Crippen molar-refractivity contribution in [3.05, 3.63) is 45.7 Å². The van der Waals surface area contributed by atoms with Gasteiger partial charge in [-0.15, -0.1) is 11.3 Å². The maximum absolute atomic E-state index is 13.8. The van der Waals surface area contributed by atoms with E-state index in [1.54, 1.807) is 23.6 Å². The second-order valence-corrected chi connectivity index (χ2v) is 5.71. The van der Waals surface area contributed by atoms with E-state index >= 15 is 0 Å². The highest BCUT2D eigenvalue weighted by atomic mass is 32.1. The highest BCUT2D eigenvalue weighted by Gasteiger charge is 2.17. The molecule has 4 nitrogen and oxygen atoms in total. The molecule has 0 aliphatic rings. The van der Waals surface area contributed by atoms with Gasteiger partial charge >= 0.3 is 0 Å². The summed E-state index contributed by atoms with van der Waals surface area (Å²) in [5.41, 5.74) is -0.00470. The predicted octanol–water partition coefficient (Wildman–Crippen LogP) is 3.34. The highest BCUT2D eigenvalue weighted by Crippen LogP contribution is 2.21. The van der Waals surface area contributed by atoms with Gasteiger partial charge in [0.25, 0.3) is 5.91 Å². The Morgan fingerprint density at radius 1 is 1.52 bits per heavy atom. The molecule has 0 bridgehead atoms. The van der Waals surface area contributed by atoms with Gasteiger partial charge in [0.05, 0.1) is 18.7 Å². The zero-order chi connectivity index (χ0) is 15.4. The number of amides is 1. The fourth-order valence-electron chi connectivity index (χ4n) is 1.83. The average Bonchev–Trinajstić information content (AvgIpc) is 2.95.